The van der Waals surface area contributed by atoms with E-state index in [4.69, 9.17) is 9.47 Å². The summed E-state index contributed by atoms with van der Waals surface area (Å²) in [5.41, 5.74) is 1.54. The summed E-state index contributed by atoms with van der Waals surface area (Å²) >= 11 is 1.15. The lowest BCUT2D eigenvalue weighted by atomic mass is 10.2. The Bertz CT molecular complexity index is 1010. The van der Waals surface area contributed by atoms with Crippen LogP contribution in [0.5, 0.6) is 0 Å². The van der Waals surface area contributed by atoms with Crippen molar-refractivity contribution in [3.63, 3.8) is 0 Å². The molecular formula is C21H20N2O5S. The second kappa shape index (κ2) is 9.29. The highest BCUT2D eigenvalue weighted by Gasteiger charge is 2.33. The quantitative estimate of drug-likeness (QED) is 0.683. The lowest BCUT2D eigenvalue weighted by molar-refractivity contribution is -0.138. The summed E-state index contributed by atoms with van der Waals surface area (Å²) in [6.07, 6.45) is 1.63. The predicted octanol–water partition coefficient (Wildman–Crippen LogP) is 4.38. The third kappa shape index (κ3) is 4.78. The molecule has 1 aromatic heterocycles. The fourth-order valence-corrected chi connectivity index (χ4v) is 3.60. The molecule has 0 fully saturated rings. The molecule has 3 rings (SSSR count). The molecule has 0 atom stereocenters. The maximum Gasteiger partial charge on any atom is 0.354 e. The van der Waals surface area contributed by atoms with Crippen LogP contribution in [0.4, 0.5) is 5.69 Å². The number of benzene rings is 1. The third-order valence-electron chi connectivity index (χ3n) is 3.85. The molecule has 1 aromatic carbocycles. The minimum absolute atomic E-state index is 0.0177. The number of nitrogens with zero attached hydrogens (tertiary/aromatic N) is 1. The molecule has 29 heavy (non-hydrogen) atoms. The fraction of sp³-hybridized carbons (Fsp3) is 0.190. The monoisotopic (exact) mass is 412 g/mol. The molecule has 7 nitrogen and oxygen atoms in total. The molecule has 8 heteroatoms. The molecule has 2 N–H and O–H groups in total. The molecule has 0 amide bonds. The highest BCUT2D eigenvalue weighted by atomic mass is 32.2. The Morgan fingerprint density at radius 3 is 2.45 bits per heavy atom. The van der Waals surface area contributed by atoms with Crippen LogP contribution in [0.25, 0.3) is 6.08 Å². The van der Waals surface area contributed by atoms with Crippen molar-refractivity contribution < 1.29 is 24.2 Å². The molecule has 2 aromatic rings. The second-order valence-corrected chi connectivity index (χ2v) is 6.89. The zero-order chi connectivity index (χ0) is 20.8. The van der Waals surface area contributed by atoms with Gasteiger partial charge in [0, 0.05) is 5.69 Å². The van der Waals surface area contributed by atoms with Crippen LogP contribution < -0.4 is 0 Å². The van der Waals surface area contributed by atoms with E-state index >= 15 is 0 Å². The number of aliphatic imine (C=N–C) groups is 1. The molecule has 1 aliphatic heterocycles. The summed E-state index contributed by atoms with van der Waals surface area (Å²) < 4.78 is 10.0. The predicted molar refractivity (Wildman–Crippen MR) is 112 cm³/mol. The molecule has 0 unspecified atom stereocenters. The van der Waals surface area contributed by atoms with E-state index in [-0.39, 0.29) is 24.5 Å². The number of aromatic nitrogens is 1. The van der Waals surface area contributed by atoms with Crippen LogP contribution >= 0.6 is 11.8 Å². The maximum absolute atomic E-state index is 12.4. The summed E-state index contributed by atoms with van der Waals surface area (Å²) in [7, 11) is 0. The molecule has 0 saturated carbocycles. The molecule has 0 saturated heterocycles. The van der Waals surface area contributed by atoms with Gasteiger partial charge in [-0.25, -0.2) is 14.6 Å². The standard InChI is InChI=1S/C21H20N2O5S/c1-3-27-20(25)15-11-10-14(22-15)12-16-18(24)17(21(26)28-4-2)19(29-16)23-13-8-6-5-7-9-13/h5-12,22,24H,3-4H2,1-2H3/b16-12-,23-19?. The fourth-order valence-electron chi connectivity index (χ4n) is 2.58. The summed E-state index contributed by atoms with van der Waals surface area (Å²) in [6.45, 7) is 3.87. The second-order valence-electron chi connectivity index (χ2n) is 5.86. The number of thioether (sulfide) groups is 1. The Morgan fingerprint density at radius 1 is 1.07 bits per heavy atom. The minimum atomic E-state index is -0.644. The van der Waals surface area contributed by atoms with E-state index in [2.05, 4.69) is 9.98 Å². The molecule has 0 aliphatic carbocycles. The average molecular weight is 412 g/mol. The first-order chi connectivity index (χ1) is 14.0. The molecule has 1 aliphatic rings. The van der Waals surface area contributed by atoms with Crippen molar-refractivity contribution >= 4 is 40.5 Å². The van der Waals surface area contributed by atoms with Crippen LogP contribution in [0.2, 0.25) is 0 Å². The smallest absolute Gasteiger partial charge is 0.354 e. The topological polar surface area (TPSA) is 101 Å². The highest BCUT2D eigenvalue weighted by Crippen LogP contribution is 2.40. The normalized spacial score (nSPS) is 16.5. The summed E-state index contributed by atoms with van der Waals surface area (Å²) in [5, 5.41) is 11.0. The van der Waals surface area contributed by atoms with Crippen LogP contribution in [0.3, 0.4) is 0 Å². The van der Waals surface area contributed by atoms with E-state index in [0.29, 0.717) is 27.0 Å². The summed E-state index contributed by atoms with van der Waals surface area (Å²) in [4.78, 5) is 32.0. The van der Waals surface area contributed by atoms with Gasteiger partial charge < -0.3 is 19.6 Å². The number of ether oxygens (including phenoxy) is 2. The number of H-pyrrole nitrogens is 1. The lowest BCUT2D eigenvalue weighted by Gasteiger charge is -2.03. The van der Waals surface area contributed by atoms with Crippen LogP contribution in [0.15, 0.2) is 63.7 Å². The van der Waals surface area contributed by atoms with Gasteiger partial charge in [0.05, 0.1) is 23.8 Å². The van der Waals surface area contributed by atoms with Gasteiger partial charge in [0.25, 0.3) is 0 Å². The van der Waals surface area contributed by atoms with Gasteiger partial charge in [-0.1, -0.05) is 30.0 Å². The Hall–Kier alpha value is -3.26. The molecular weight excluding hydrogens is 392 g/mol. The first-order valence-electron chi connectivity index (χ1n) is 9.04. The largest absolute Gasteiger partial charge is 0.506 e. The third-order valence-corrected chi connectivity index (χ3v) is 4.87. The van der Waals surface area contributed by atoms with Gasteiger partial charge in [-0.3, -0.25) is 0 Å². The van der Waals surface area contributed by atoms with Crippen molar-refractivity contribution in [2.24, 2.45) is 4.99 Å². The first kappa shape index (κ1) is 20.5. The number of hydrogen-bond donors (Lipinski definition) is 2. The van der Waals surface area contributed by atoms with E-state index in [1.165, 1.54) is 0 Å². The number of esters is 2. The number of carbonyl (C=O) groups excluding carboxylic acids is 2. The van der Waals surface area contributed by atoms with Crippen LogP contribution in [0.1, 0.15) is 30.0 Å². The Labute approximate surface area is 172 Å². The molecule has 0 radical (unpaired) electrons. The van der Waals surface area contributed by atoms with Gasteiger partial charge in [-0.15, -0.1) is 0 Å². The molecule has 0 bridgehead atoms. The van der Waals surface area contributed by atoms with Gasteiger partial charge in [0.15, 0.2) is 0 Å². The summed E-state index contributed by atoms with van der Waals surface area (Å²) in [5.74, 6) is -1.32. The maximum atomic E-state index is 12.4. The van der Waals surface area contributed by atoms with E-state index in [1.807, 2.05) is 18.2 Å². The van der Waals surface area contributed by atoms with Crippen molar-refractivity contribution in [1.82, 2.24) is 4.98 Å². The van der Waals surface area contributed by atoms with E-state index in [0.717, 1.165) is 11.8 Å². The molecule has 150 valence electrons. The SMILES string of the molecule is CCOC(=O)C1=C(O)/C(=C/c2ccc(C(=O)OCC)[nH]2)SC1=Nc1ccccc1. The first-order valence-corrected chi connectivity index (χ1v) is 9.85. The number of hydrogen-bond acceptors (Lipinski definition) is 7. The van der Waals surface area contributed by atoms with Crippen LogP contribution in [-0.2, 0) is 14.3 Å². The Balaban J connectivity index is 1.96. The highest BCUT2D eigenvalue weighted by molar-refractivity contribution is 8.18. The van der Waals surface area contributed by atoms with E-state index in [1.54, 1.807) is 44.2 Å². The number of nitrogens with one attached hydrogen (secondary N) is 1. The van der Waals surface area contributed by atoms with Gasteiger partial charge in [-0.2, -0.15) is 0 Å². The number of para-hydroxylation sites is 1. The van der Waals surface area contributed by atoms with Crippen LogP contribution in [-0.4, -0.2) is 40.3 Å². The van der Waals surface area contributed by atoms with E-state index in [9.17, 15) is 14.7 Å². The molecule has 0 spiro atoms. The number of carbonyl (C=O) groups is 2. The minimum Gasteiger partial charge on any atom is -0.506 e. The Kier molecular flexibility index (Phi) is 6.56. The van der Waals surface area contributed by atoms with Gasteiger partial charge in [-0.05, 0) is 44.2 Å². The van der Waals surface area contributed by atoms with Crippen LogP contribution in [0, 0.1) is 0 Å². The zero-order valence-corrected chi connectivity index (χ0v) is 16.8. The lowest BCUT2D eigenvalue weighted by Crippen LogP contribution is -2.12. The number of aromatic amines is 1. The molecule has 2 heterocycles. The number of rotatable bonds is 6. The number of aliphatic hydroxyl groups is 1. The van der Waals surface area contributed by atoms with E-state index < -0.39 is 11.9 Å². The number of aliphatic hydroxyl groups excluding tert-OH is 1. The zero-order valence-electron chi connectivity index (χ0n) is 16.0. The van der Waals surface area contributed by atoms with Crippen molar-refractivity contribution in [3.8, 4) is 0 Å². The van der Waals surface area contributed by atoms with Gasteiger partial charge >= 0.3 is 11.9 Å². The van der Waals surface area contributed by atoms with Crippen molar-refractivity contribution in [1.29, 1.82) is 0 Å². The average Bonchev–Trinajstić information content (AvgIpc) is 3.28. The van der Waals surface area contributed by atoms with Crippen molar-refractivity contribution in [2.45, 2.75) is 13.8 Å². The van der Waals surface area contributed by atoms with Crippen molar-refractivity contribution in [3.05, 3.63) is 70.1 Å². The van der Waals surface area contributed by atoms with Gasteiger partial charge in [0.1, 0.15) is 22.1 Å². The van der Waals surface area contributed by atoms with Crippen molar-refractivity contribution in [2.75, 3.05) is 13.2 Å². The Morgan fingerprint density at radius 2 is 1.76 bits per heavy atom. The van der Waals surface area contributed by atoms with Gasteiger partial charge in [0.2, 0.25) is 0 Å². The summed E-state index contributed by atoms with van der Waals surface area (Å²) in [6, 6.07) is 12.4.